The van der Waals surface area contributed by atoms with E-state index in [1.165, 1.54) is 16.7 Å². The molecular weight excluding hydrogens is 235 g/mol. The van der Waals surface area contributed by atoms with E-state index in [-0.39, 0.29) is 0 Å². The zero-order valence-electron chi connectivity index (χ0n) is 12.0. The molecule has 0 heterocycles. The second kappa shape index (κ2) is 5.16. The maximum absolute atomic E-state index is 13.9. The fourth-order valence-electron chi connectivity index (χ4n) is 2.44. The number of rotatable bonds is 4. The first-order valence-corrected chi connectivity index (χ1v) is 6.69. The van der Waals surface area contributed by atoms with Crippen molar-refractivity contribution in [1.29, 1.82) is 0 Å². The Morgan fingerprint density at radius 2 is 1.95 bits per heavy atom. The van der Waals surface area contributed by atoms with Crippen molar-refractivity contribution in [3.05, 3.63) is 65.3 Å². The summed E-state index contributed by atoms with van der Waals surface area (Å²) >= 11 is 0. The molecule has 0 saturated carbocycles. The topological polar surface area (TPSA) is 0 Å². The molecule has 0 spiro atoms. The smallest absolute Gasteiger partial charge is 0.109 e. The van der Waals surface area contributed by atoms with Gasteiger partial charge in [-0.15, -0.1) is 0 Å². The van der Waals surface area contributed by atoms with Crippen LogP contribution in [-0.4, -0.2) is 5.67 Å². The van der Waals surface area contributed by atoms with Crippen molar-refractivity contribution >= 4 is 5.57 Å². The SMILES string of the molecule is C=C(C)C1=CC=C(c2ccccc2CC(C)(C)F)C1. The van der Waals surface area contributed by atoms with Gasteiger partial charge in [-0.2, -0.15) is 0 Å². The summed E-state index contributed by atoms with van der Waals surface area (Å²) in [6, 6.07) is 8.11. The van der Waals surface area contributed by atoms with Gasteiger partial charge in [-0.25, -0.2) is 4.39 Å². The molecule has 1 aromatic rings. The lowest BCUT2D eigenvalue weighted by atomic mass is 9.91. The highest BCUT2D eigenvalue weighted by Gasteiger charge is 2.20. The van der Waals surface area contributed by atoms with Crippen LogP contribution in [0.5, 0.6) is 0 Å². The largest absolute Gasteiger partial charge is 0.244 e. The maximum atomic E-state index is 13.9. The van der Waals surface area contributed by atoms with Crippen molar-refractivity contribution < 1.29 is 4.39 Å². The van der Waals surface area contributed by atoms with Gasteiger partial charge in [0.15, 0.2) is 0 Å². The molecule has 0 saturated heterocycles. The van der Waals surface area contributed by atoms with E-state index in [4.69, 9.17) is 0 Å². The summed E-state index contributed by atoms with van der Waals surface area (Å²) in [5, 5.41) is 0. The molecule has 2 rings (SSSR count). The summed E-state index contributed by atoms with van der Waals surface area (Å²) in [6.45, 7) is 9.27. The second-order valence-electron chi connectivity index (χ2n) is 5.89. The van der Waals surface area contributed by atoms with Crippen LogP contribution in [0.1, 0.15) is 38.3 Å². The second-order valence-corrected chi connectivity index (χ2v) is 5.89. The first-order valence-electron chi connectivity index (χ1n) is 6.69. The van der Waals surface area contributed by atoms with E-state index in [1.807, 2.05) is 25.1 Å². The Morgan fingerprint density at radius 3 is 2.53 bits per heavy atom. The fraction of sp³-hybridized carbons (Fsp3) is 0.333. The Labute approximate surface area is 115 Å². The normalized spacial score (nSPS) is 15.2. The molecule has 0 atom stereocenters. The van der Waals surface area contributed by atoms with Crippen LogP contribution in [0.4, 0.5) is 4.39 Å². The molecule has 0 N–H and O–H groups in total. The molecule has 19 heavy (non-hydrogen) atoms. The molecule has 0 fully saturated rings. The third-order valence-corrected chi connectivity index (χ3v) is 3.39. The van der Waals surface area contributed by atoms with Crippen molar-refractivity contribution in [1.82, 2.24) is 0 Å². The lowest BCUT2D eigenvalue weighted by Gasteiger charge is -2.18. The molecule has 0 radical (unpaired) electrons. The summed E-state index contributed by atoms with van der Waals surface area (Å²) < 4.78 is 13.9. The van der Waals surface area contributed by atoms with Crippen LogP contribution in [0.15, 0.2) is 54.1 Å². The summed E-state index contributed by atoms with van der Waals surface area (Å²) in [4.78, 5) is 0. The Hall–Kier alpha value is -1.63. The van der Waals surface area contributed by atoms with Gasteiger partial charge in [-0.05, 0) is 49.5 Å². The molecule has 0 aliphatic heterocycles. The minimum Gasteiger partial charge on any atom is -0.244 e. The predicted molar refractivity (Wildman–Crippen MR) is 80.8 cm³/mol. The fourth-order valence-corrected chi connectivity index (χ4v) is 2.44. The molecule has 0 nitrogen and oxygen atoms in total. The van der Waals surface area contributed by atoms with Crippen LogP contribution < -0.4 is 0 Å². The highest BCUT2D eigenvalue weighted by molar-refractivity contribution is 5.75. The molecule has 0 unspecified atom stereocenters. The van der Waals surface area contributed by atoms with Gasteiger partial charge in [0.05, 0.1) is 0 Å². The zero-order valence-corrected chi connectivity index (χ0v) is 12.0. The van der Waals surface area contributed by atoms with Crippen LogP contribution in [0.2, 0.25) is 0 Å². The first kappa shape index (κ1) is 13.8. The van der Waals surface area contributed by atoms with Gasteiger partial charge in [0.1, 0.15) is 5.67 Å². The molecule has 0 aromatic heterocycles. The Balaban J connectivity index is 2.26. The molecule has 0 bridgehead atoms. The van der Waals surface area contributed by atoms with Crippen LogP contribution >= 0.6 is 0 Å². The van der Waals surface area contributed by atoms with Crippen LogP contribution in [0.25, 0.3) is 5.57 Å². The highest BCUT2D eigenvalue weighted by Crippen LogP contribution is 2.34. The van der Waals surface area contributed by atoms with E-state index in [0.29, 0.717) is 6.42 Å². The van der Waals surface area contributed by atoms with Crippen molar-refractivity contribution in [2.45, 2.75) is 39.3 Å². The predicted octanol–water partition coefficient (Wildman–Crippen LogP) is 5.27. The van der Waals surface area contributed by atoms with Gasteiger partial charge < -0.3 is 0 Å². The summed E-state index contributed by atoms with van der Waals surface area (Å²) in [5.41, 5.74) is 4.70. The van der Waals surface area contributed by atoms with E-state index in [2.05, 4.69) is 24.8 Å². The van der Waals surface area contributed by atoms with Gasteiger partial charge in [0.25, 0.3) is 0 Å². The van der Waals surface area contributed by atoms with E-state index in [1.54, 1.807) is 13.8 Å². The number of halogens is 1. The van der Waals surface area contributed by atoms with E-state index in [0.717, 1.165) is 17.6 Å². The average Bonchev–Trinajstić information content (AvgIpc) is 2.76. The van der Waals surface area contributed by atoms with E-state index in [9.17, 15) is 4.39 Å². The van der Waals surface area contributed by atoms with Gasteiger partial charge in [-0.1, -0.05) is 48.6 Å². The van der Waals surface area contributed by atoms with Crippen LogP contribution in [0.3, 0.4) is 0 Å². The number of allylic oxidation sites excluding steroid dienone is 5. The summed E-state index contributed by atoms with van der Waals surface area (Å²) in [6.07, 6.45) is 5.60. The molecule has 1 aromatic carbocycles. The van der Waals surface area contributed by atoms with Gasteiger partial charge in [0.2, 0.25) is 0 Å². The molecule has 1 aliphatic rings. The molecule has 1 heteroatoms. The quantitative estimate of drug-likeness (QED) is 0.688. The minimum atomic E-state index is -1.18. The van der Waals surface area contributed by atoms with Crippen molar-refractivity contribution in [3.63, 3.8) is 0 Å². The summed E-state index contributed by atoms with van der Waals surface area (Å²) in [7, 11) is 0. The third kappa shape index (κ3) is 3.44. The Kier molecular flexibility index (Phi) is 3.75. The van der Waals surface area contributed by atoms with Crippen LogP contribution in [-0.2, 0) is 6.42 Å². The van der Waals surface area contributed by atoms with Gasteiger partial charge >= 0.3 is 0 Å². The van der Waals surface area contributed by atoms with E-state index >= 15 is 0 Å². The average molecular weight is 256 g/mol. The molecule has 0 amide bonds. The Morgan fingerprint density at radius 1 is 1.26 bits per heavy atom. The van der Waals surface area contributed by atoms with Crippen molar-refractivity contribution in [2.24, 2.45) is 0 Å². The van der Waals surface area contributed by atoms with Gasteiger partial charge in [0, 0.05) is 6.42 Å². The number of benzene rings is 1. The minimum absolute atomic E-state index is 0.447. The number of hydrogen-bond donors (Lipinski definition) is 0. The van der Waals surface area contributed by atoms with Crippen molar-refractivity contribution in [3.8, 4) is 0 Å². The lowest BCUT2D eigenvalue weighted by molar-refractivity contribution is 0.217. The van der Waals surface area contributed by atoms with E-state index < -0.39 is 5.67 Å². The lowest BCUT2D eigenvalue weighted by Crippen LogP contribution is -2.16. The third-order valence-electron chi connectivity index (χ3n) is 3.39. The number of hydrogen-bond acceptors (Lipinski definition) is 0. The monoisotopic (exact) mass is 256 g/mol. The number of alkyl halides is 1. The zero-order chi connectivity index (χ0) is 14.0. The Bertz CT molecular complexity index is 553. The summed E-state index contributed by atoms with van der Waals surface area (Å²) in [5.74, 6) is 0. The molecular formula is C18H21F. The van der Waals surface area contributed by atoms with Crippen molar-refractivity contribution in [2.75, 3.05) is 0 Å². The first-order chi connectivity index (χ1) is 8.87. The molecule has 1 aliphatic carbocycles. The van der Waals surface area contributed by atoms with Crippen LogP contribution in [0, 0.1) is 0 Å². The maximum Gasteiger partial charge on any atom is 0.109 e. The molecule has 100 valence electrons. The van der Waals surface area contributed by atoms with Gasteiger partial charge in [-0.3, -0.25) is 0 Å². The standard InChI is InChI=1S/C18H21F/c1-13(2)14-9-10-15(11-14)17-8-6-5-7-16(17)12-18(3,4)19/h5-10H,1,11-12H2,2-4H3. The highest BCUT2D eigenvalue weighted by atomic mass is 19.1.